The average Bonchev–Trinajstić information content (AvgIpc) is 2.98. The molecule has 5 rings (SSSR count). The van der Waals surface area contributed by atoms with Crippen LogP contribution in [0, 0.1) is 5.92 Å². The molecule has 1 spiro atoms. The number of nitrogens with zero attached hydrogens (tertiary/aromatic N) is 1. The molecule has 0 aromatic heterocycles. The molecule has 1 aromatic rings. The van der Waals surface area contributed by atoms with Crippen molar-refractivity contribution < 1.29 is 27.9 Å². The lowest BCUT2D eigenvalue weighted by molar-refractivity contribution is -0.0453. The second kappa shape index (κ2) is 6.31. The highest BCUT2D eigenvalue weighted by Gasteiger charge is 2.64. The van der Waals surface area contributed by atoms with Gasteiger partial charge in [0.15, 0.2) is 11.5 Å². The molecular formula is C18H23NO6S. The van der Waals surface area contributed by atoms with E-state index in [0.717, 1.165) is 26.5 Å². The first-order chi connectivity index (χ1) is 12.4. The molecule has 7 nitrogen and oxygen atoms in total. The molecule has 0 saturated carbocycles. The van der Waals surface area contributed by atoms with E-state index in [1.165, 1.54) is 11.1 Å². The third-order valence-corrected chi connectivity index (χ3v) is 6.58. The molecular weight excluding hydrogens is 358 g/mol. The van der Waals surface area contributed by atoms with Crippen molar-refractivity contribution in [3.8, 4) is 11.5 Å². The number of likely N-dealkylation sites (tertiary alicyclic amines) is 1. The number of phenols is 1. The third kappa shape index (κ3) is 2.36. The number of aliphatic hydroxyl groups excluding tert-OH is 1. The number of likely N-dealkylation sites (N-methyl/N-ethyl adjacent to an activating group) is 1. The summed E-state index contributed by atoms with van der Waals surface area (Å²) in [5.41, 5.74) is 2.29. The van der Waals surface area contributed by atoms with E-state index in [2.05, 4.69) is 22.2 Å². The number of piperidine rings is 1. The van der Waals surface area contributed by atoms with Gasteiger partial charge in [0.05, 0.1) is 7.11 Å². The number of benzene rings is 1. The minimum Gasteiger partial charge on any atom is -0.504 e. The van der Waals surface area contributed by atoms with Crippen molar-refractivity contribution in [3.63, 3.8) is 0 Å². The number of hydrogen-bond acceptors (Lipinski definition) is 6. The van der Waals surface area contributed by atoms with Crippen LogP contribution in [0.1, 0.15) is 17.5 Å². The molecule has 3 N–H and O–H groups in total. The van der Waals surface area contributed by atoms with Gasteiger partial charge >= 0.3 is 11.4 Å². The lowest BCUT2D eigenvalue weighted by Crippen LogP contribution is -2.64. The number of hydrogen-bond donors (Lipinski definition) is 3. The molecule has 26 heavy (non-hydrogen) atoms. The standard InChI is InChI=1S/C17H19NO3.CH4O3S/c1-18-7-6-17-10-3-5-13(20)16(17)21-15-12(19)4-2-9(14(15)17)8-11(10)18;1-4-5(2)3/h2-5,10-11,13,16,19-20H,6-8H2,1H3;1H3,(H,2,3)/t10-,11+,13-,16-,17-;/m0./s1. The molecule has 6 atom stereocenters. The Labute approximate surface area is 154 Å². The molecule has 142 valence electrons. The van der Waals surface area contributed by atoms with Gasteiger partial charge < -0.3 is 19.8 Å². The summed E-state index contributed by atoms with van der Waals surface area (Å²) in [6.45, 7) is 1.01. The van der Waals surface area contributed by atoms with Crippen molar-refractivity contribution in [2.45, 2.75) is 36.5 Å². The van der Waals surface area contributed by atoms with Crippen LogP contribution in [0.5, 0.6) is 11.5 Å². The van der Waals surface area contributed by atoms with E-state index in [1.54, 1.807) is 6.07 Å². The molecule has 2 bridgehead atoms. The molecule has 2 aliphatic heterocycles. The maximum Gasteiger partial charge on any atom is 0.301 e. The first-order valence-corrected chi connectivity index (χ1v) is 9.67. The predicted octanol–water partition coefficient (Wildman–Crippen LogP) is 0.968. The van der Waals surface area contributed by atoms with Gasteiger partial charge in [0.25, 0.3) is 0 Å². The van der Waals surface area contributed by atoms with E-state index in [9.17, 15) is 14.4 Å². The molecule has 1 fully saturated rings. The van der Waals surface area contributed by atoms with E-state index < -0.39 is 17.5 Å². The molecule has 1 saturated heterocycles. The van der Waals surface area contributed by atoms with Crippen LogP contribution in [0.25, 0.3) is 0 Å². The normalized spacial score (nSPS) is 37.2. The number of aromatic hydroxyl groups is 1. The Kier molecular flexibility index (Phi) is 4.36. The van der Waals surface area contributed by atoms with Gasteiger partial charge in [-0.05, 0) is 38.1 Å². The van der Waals surface area contributed by atoms with Crippen molar-refractivity contribution in [2.75, 3.05) is 20.7 Å². The van der Waals surface area contributed by atoms with Gasteiger partial charge in [-0.1, -0.05) is 18.2 Å². The fourth-order valence-electron chi connectivity index (χ4n) is 5.24. The largest absolute Gasteiger partial charge is 0.504 e. The van der Waals surface area contributed by atoms with Gasteiger partial charge in [0.1, 0.15) is 12.2 Å². The highest BCUT2D eigenvalue weighted by Crippen LogP contribution is 2.62. The topological polar surface area (TPSA) is 99.5 Å². The first-order valence-electron chi connectivity index (χ1n) is 8.64. The predicted molar refractivity (Wildman–Crippen MR) is 95.4 cm³/mol. The summed E-state index contributed by atoms with van der Waals surface area (Å²) in [5.74, 6) is 1.19. The molecule has 0 radical (unpaired) electrons. The van der Waals surface area contributed by atoms with E-state index in [1.807, 2.05) is 12.1 Å². The molecule has 1 aromatic carbocycles. The molecule has 2 aliphatic carbocycles. The van der Waals surface area contributed by atoms with Crippen molar-refractivity contribution in [1.29, 1.82) is 0 Å². The summed E-state index contributed by atoms with van der Waals surface area (Å²) >= 11 is -2.07. The monoisotopic (exact) mass is 381 g/mol. The van der Waals surface area contributed by atoms with Gasteiger partial charge in [-0.3, -0.25) is 8.74 Å². The molecule has 8 heteroatoms. The Hall–Kier alpha value is -1.45. The zero-order valence-electron chi connectivity index (χ0n) is 14.7. The molecule has 0 amide bonds. The van der Waals surface area contributed by atoms with Crippen LogP contribution in [-0.4, -0.2) is 62.8 Å². The average molecular weight is 381 g/mol. The van der Waals surface area contributed by atoms with Crippen molar-refractivity contribution in [1.82, 2.24) is 4.90 Å². The minimum atomic E-state index is -2.07. The lowest BCUT2D eigenvalue weighted by atomic mass is 9.53. The van der Waals surface area contributed by atoms with E-state index in [0.29, 0.717) is 17.7 Å². The van der Waals surface area contributed by atoms with Crippen LogP contribution in [0.2, 0.25) is 0 Å². The van der Waals surface area contributed by atoms with Crippen molar-refractivity contribution in [3.05, 3.63) is 35.4 Å². The van der Waals surface area contributed by atoms with Gasteiger partial charge in [-0.2, -0.15) is 4.21 Å². The quantitative estimate of drug-likeness (QED) is 0.492. The number of phenolic OH excluding ortho intramolecular Hbond substituents is 1. The van der Waals surface area contributed by atoms with Crippen LogP contribution in [0.3, 0.4) is 0 Å². The maximum atomic E-state index is 10.4. The first kappa shape index (κ1) is 17.9. The van der Waals surface area contributed by atoms with Crippen LogP contribution in [0.4, 0.5) is 0 Å². The Balaban J connectivity index is 0.000000301. The van der Waals surface area contributed by atoms with E-state index in [4.69, 9.17) is 9.29 Å². The van der Waals surface area contributed by atoms with E-state index >= 15 is 0 Å². The zero-order chi connectivity index (χ0) is 18.6. The Bertz CT molecular complexity index is 783. The highest BCUT2D eigenvalue weighted by molar-refractivity contribution is 7.74. The minimum absolute atomic E-state index is 0.160. The summed E-state index contributed by atoms with van der Waals surface area (Å²) in [5, 5.41) is 20.6. The van der Waals surface area contributed by atoms with Crippen LogP contribution in [0.15, 0.2) is 24.3 Å². The van der Waals surface area contributed by atoms with E-state index in [-0.39, 0.29) is 17.3 Å². The van der Waals surface area contributed by atoms with Gasteiger partial charge in [-0.25, -0.2) is 0 Å². The van der Waals surface area contributed by atoms with Crippen molar-refractivity contribution >= 4 is 11.4 Å². The molecule has 4 aliphatic rings. The number of aliphatic hydroxyl groups is 1. The smallest absolute Gasteiger partial charge is 0.301 e. The van der Waals surface area contributed by atoms with Crippen LogP contribution in [-0.2, 0) is 27.4 Å². The van der Waals surface area contributed by atoms with Gasteiger partial charge in [0, 0.05) is 22.9 Å². The highest BCUT2D eigenvalue weighted by atomic mass is 32.2. The Morgan fingerprint density at radius 3 is 2.81 bits per heavy atom. The molecule has 2 heterocycles. The fraction of sp³-hybridized carbons (Fsp3) is 0.556. The second-order valence-corrected chi connectivity index (χ2v) is 8.08. The summed E-state index contributed by atoms with van der Waals surface area (Å²) < 4.78 is 26.7. The number of ether oxygens (including phenoxy) is 1. The SMILES string of the molecule is CN1CC[C@]23c4c5ccc(O)c4O[C@H]2[C@@H](O)C=C[C@H]3[C@H]1C5.COS(=O)O. The lowest BCUT2D eigenvalue weighted by Gasteiger charge is -2.56. The molecule has 1 unspecified atom stereocenters. The maximum absolute atomic E-state index is 10.4. The summed E-state index contributed by atoms with van der Waals surface area (Å²) in [6, 6.07) is 4.23. The third-order valence-electron chi connectivity index (χ3n) is 6.29. The fourth-order valence-corrected chi connectivity index (χ4v) is 5.24. The Morgan fingerprint density at radius 1 is 1.38 bits per heavy atom. The second-order valence-electron chi connectivity index (χ2n) is 7.31. The van der Waals surface area contributed by atoms with Crippen LogP contribution >= 0.6 is 0 Å². The number of rotatable bonds is 1. The van der Waals surface area contributed by atoms with Crippen molar-refractivity contribution in [2.24, 2.45) is 5.92 Å². The summed E-state index contributed by atoms with van der Waals surface area (Å²) in [4.78, 5) is 2.43. The summed E-state index contributed by atoms with van der Waals surface area (Å²) in [7, 11) is 3.34. The van der Waals surface area contributed by atoms with Gasteiger partial charge in [-0.15, -0.1) is 0 Å². The van der Waals surface area contributed by atoms with Crippen LogP contribution < -0.4 is 4.74 Å². The zero-order valence-corrected chi connectivity index (χ0v) is 15.5. The van der Waals surface area contributed by atoms with Gasteiger partial charge in [0.2, 0.25) is 0 Å². The summed E-state index contributed by atoms with van der Waals surface area (Å²) in [6.07, 6.45) is 5.18. The Morgan fingerprint density at radius 2 is 2.12 bits per heavy atom.